The van der Waals surface area contributed by atoms with Crippen molar-refractivity contribution in [1.29, 1.82) is 0 Å². The molecule has 0 bridgehead atoms. The Balaban J connectivity index is 2.12. The highest BCUT2D eigenvalue weighted by Crippen LogP contribution is 2.14. The Labute approximate surface area is 110 Å². The van der Waals surface area contributed by atoms with Crippen LogP contribution in [0.3, 0.4) is 0 Å². The highest BCUT2D eigenvalue weighted by Gasteiger charge is 2.16. The summed E-state index contributed by atoms with van der Waals surface area (Å²) in [7, 11) is 3.76. The van der Waals surface area contributed by atoms with E-state index < -0.39 is 0 Å². The van der Waals surface area contributed by atoms with Crippen LogP contribution in [0, 0.1) is 5.92 Å². The molecule has 0 aromatic heterocycles. The minimum Gasteiger partial charge on any atom is -0.385 e. The molecule has 1 N–H and O–H groups in total. The second-order valence-electron chi connectivity index (χ2n) is 4.54. The van der Waals surface area contributed by atoms with Gasteiger partial charge in [-0.05, 0) is 37.4 Å². The summed E-state index contributed by atoms with van der Waals surface area (Å²) in [5, 5.41) is 4.07. The van der Waals surface area contributed by atoms with Crippen LogP contribution in [0.1, 0.15) is 19.3 Å². The summed E-state index contributed by atoms with van der Waals surface area (Å²) >= 11 is 5.33. The van der Waals surface area contributed by atoms with E-state index in [1.165, 1.54) is 12.8 Å². The predicted octanol–water partition coefficient (Wildman–Crippen LogP) is 1.26. The molecule has 0 radical (unpaired) electrons. The molecule has 0 aromatic rings. The largest absolute Gasteiger partial charge is 0.385 e. The Kier molecular flexibility index (Phi) is 7.48. The van der Waals surface area contributed by atoms with Crippen LogP contribution in [-0.2, 0) is 9.47 Å². The fraction of sp³-hybridized carbons (Fsp3) is 0.917. The van der Waals surface area contributed by atoms with Crippen LogP contribution in [0.2, 0.25) is 0 Å². The Hall–Kier alpha value is -0.390. The summed E-state index contributed by atoms with van der Waals surface area (Å²) in [6.45, 7) is 4.42. The molecule has 100 valence electrons. The molecule has 0 aliphatic carbocycles. The quantitative estimate of drug-likeness (QED) is 0.574. The van der Waals surface area contributed by atoms with Gasteiger partial charge in [-0.3, -0.25) is 0 Å². The van der Waals surface area contributed by atoms with Crippen LogP contribution in [0.25, 0.3) is 0 Å². The molecule has 0 saturated carbocycles. The van der Waals surface area contributed by atoms with E-state index in [0.29, 0.717) is 5.92 Å². The molecule has 0 amide bonds. The normalized spacial score (nSPS) is 20.0. The third kappa shape index (κ3) is 6.19. The molecule has 4 nitrogen and oxygen atoms in total. The fourth-order valence-corrected chi connectivity index (χ4v) is 2.14. The van der Waals surface area contributed by atoms with E-state index in [-0.39, 0.29) is 0 Å². The van der Waals surface area contributed by atoms with Crippen LogP contribution in [0.4, 0.5) is 0 Å². The molecule has 1 aliphatic heterocycles. The van der Waals surface area contributed by atoms with Crippen LogP contribution >= 0.6 is 12.2 Å². The zero-order valence-corrected chi connectivity index (χ0v) is 11.7. The molecule has 1 heterocycles. The van der Waals surface area contributed by atoms with E-state index in [1.807, 2.05) is 7.05 Å². The molecule has 1 aliphatic rings. The smallest absolute Gasteiger partial charge is 0.168 e. The molecule has 1 fully saturated rings. The first-order valence-corrected chi connectivity index (χ1v) is 6.70. The molecule has 5 heteroatoms. The van der Waals surface area contributed by atoms with Gasteiger partial charge in [-0.15, -0.1) is 0 Å². The highest BCUT2D eigenvalue weighted by molar-refractivity contribution is 7.80. The van der Waals surface area contributed by atoms with Gasteiger partial charge in [-0.2, -0.15) is 0 Å². The van der Waals surface area contributed by atoms with Gasteiger partial charge in [-0.1, -0.05) is 0 Å². The van der Waals surface area contributed by atoms with Gasteiger partial charge in [0.1, 0.15) is 0 Å². The summed E-state index contributed by atoms with van der Waals surface area (Å²) in [6, 6.07) is 0. The Morgan fingerprint density at radius 1 is 1.59 bits per heavy atom. The summed E-state index contributed by atoms with van der Waals surface area (Å²) < 4.78 is 10.5. The zero-order valence-electron chi connectivity index (χ0n) is 10.9. The third-order valence-corrected chi connectivity index (χ3v) is 3.39. The van der Waals surface area contributed by atoms with Crippen molar-refractivity contribution < 1.29 is 9.47 Å². The van der Waals surface area contributed by atoms with Gasteiger partial charge in [0.2, 0.25) is 0 Å². The summed E-state index contributed by atoms with van der Waals surface area (Å²) in [6.07, 6.45) is 3.40. The highest BCUT2D eigenvalue weighted by atomic mass is 32.1. The Morgan fingerprint density at radius 2 is 2.41 bits per heavy atom. The number of hydrogen-bond donors (Lipinski definition) is 1. The first-order valence-electron chi connectivity index (χ1n) is 6.29. The van der Waals surface area contributed by atoms with Gasteiger partial charge in [0.05, 0.1) is 6.61 Å². The number of nitrogens with zero attached hydrogens (tertiary/aromatic N) is 1. The van der Waals surface area contributed by atoms with Crippen LogP contribution in [0.5, 0.6) is 0 Å². The Bertz CT molecular complexity index is 221. The van der Waals surface area contributed by atoms with Crippen molar-refractivity contribution in [2.24, 2.45) is 5.92 Å². The second-order valence-corrected chi connectivity index (χ2v) is 4.93. The number of methoxy groups -OCH3 is 1. The molecular formula is C12H24N2O2S. The first-order chi connectivity index (χ1) is 8.24. The number of hydrogen-bond acceptors (Lipinski definition) is 3. The zero-order chi connectivity index (χ0) is 12.5. The summed E-state index contributed by atoms with van der Waals surface area (Å²) in [4.78, 5) is 2.11. The van der Waals surface area contributed by atoms with E-state index in [0.717, 1.165) is 44.4 Å². The van der Waals surface area contributed by atoms with Gasteiger partial charge in [0.15, 0.2) is 5.11 Å². The molecule has 1 atom stereocenters. The number of rotatable bonds is 6. The summed E-state index contributed by atoms with van der Waals surface area (Å²) in [5.74, 6) is 0.618. The van der Waals surface area contributed by atoms with Crippen LogP contribution in [0.15, 0.2) is 0 Å². The van der Waals surface area contributed by atoms with Crippen LogP contribution < -0.4 is 5.32 Å². The van der Waals surface area contributed by atoms with E-state index in [2.05, 4.69) is 10.2 Å². The van der Waals surface area contributed by atoms with E-state index in [9.17, 15) is 0 Å². The van der Waals surface area contributed by atoms with Crippen molar-refractivity contribution >= 4 is 17.3 Å². The van der Waals surface area contributed by atoms with Crippen molar-refractivity contribution in [3.63, 3.8) is 0 Å². The first kappa shape index (κ1) is 14.7. The maximum atomic E-state index is 5.47. The minimum atomic E-state index is 0.618. The number of thiocarbonyl (C=S) groups is 1. The predicted molar refractivity (Wildman–Crippen MR) is 73.3 cm³/mol. The van der Waals surface area contributed by atoms with Gasteiger partial charge in [-0.25, -0.2) is 0 Å². The standard InChI is InChI=1S/C12H24N2O2S/c1-14(9-11-5-3-8-16-10-11)12(17)13-6-4-7-15-2/h11H,3-10H2,1-2H3,(H,13,17). The van der Waals surface area contributed by atoms with Gasteiger partial charge in [0, 0.05) is 40.5 Å². The fourth-order valence-electron chi connectivity index (χ4n) is 1.97. The lowest BCUT2D eigenvalue weighted by Crippen LogP contribution is -2.41. The second kappa shape index (κ2) is 8.66. The summed E-state index contributed by atoms with van der Waals surface area (Å²) in [5.41, 5.74) is 0. The lowest BCUT2D eigenvalue weighted by atomic mass is 10.0. The number of ether oxygens (including phenoxy) is 2. The van der Waals surface area contributed by atoms with E-state index in [4.69, 9.17) is 21.7 Å². The monoisotopic (exact) mass is 260 g/mol. The average Bonchev–Trinajstić information content (AvgIpc) is 2.35. The molecule has 1 unspecified atom stereocenters. The molecule has 0 aromatic carbocycles. The van der Waals surface area contributed by atoms with Gasteiger partial charge < -0.3 is 19.7 Å². The molecular weight excluding hydrogens is 236 g/mol. The lowest BCUT2D eigenvalue weighted by Gasteiger charge is -2.28. The topological polar surface area (TPSA) is 33.7 Å². The maximum Gasteiger partial charge on any atom is 0.168 e. The SMILES string of the molecule is COCCCNC(=S)N(C)CC1CCCOC1. The third-order valence-electron chi connectivity index (χ3n) is 2.93. The molecule has 0 spiro atoms. The van der Waals surface area contributed by atoms with Crippen LogP contribution in [-0.4, -0.2) is 57.1 Å². The van der Waals surface area contributed by atoms with E-state index in [1.54, 1.807) is 7.11 Å². The Morgan fingerprint density at radius 3 is 3.06 bits per heavy atom. The molecule has 1 saturated heterocycles. The van der Waals surface area contributed by atoms with Crippen molar-refractivity contribution in [1.82, 2.24) is 10.2 Å². The molecule has 1 rings (SSSR count). The van der Waals surface area contributed by atoms with Crippen molar-refractivity contribution in [2.45, 2.75) is 19.3 Å². The van der Waals surface area contributed by atoms with Gasteiger partial charge >= 0.3 is 0 Å². The minimum absolute atomic E-state index is 0.618. The van der Waals surface area contributed by atoms with Crippen molar-refractivity contribution in [2.75, 3.05) is 47.1 Å². The van der Waals surface area contributed by atoms with E-state index >= 15 is 0 Å². The maximum absolute atomic E-state index is 5.47. The van der Waals surface area contributed by atoms with Gasteiger partial charge in [0.25, 0.3) is 0 Å². The number of nitrogens with one attached hydrogen (secondary N) is 1. The average molecular weight is 260 g/mol. The van der Waals surface area contributed by atoms with Crippen molar-refractivity contribution in [3.8, 4) is 0 Å². The van der Waals surface area contributed by atoms with Crippen molar-refractivity contribution in [3.05, 3.63) is 0 Å². The lowest BCUT2D eigenvalue weighted by molar-refractivity contribution is 0.0485. The molecule has 17 heavy (non-hydrogen) atoms.